The summed E-state index contributed by atoms with van der Waals surface area (Å²) >= 11 is 1.68. The van der Waals surface area contributed by atoms with E-state index in [1.54, 1.807) is 23.9 Å². The van der Waals surface area contributed by atoms with Gasteiger partial charge in [0.1, 0.15) is 11.5 Å². The van der Waals surface area contributed by atoms with E-state index in [1.165, 1.54) is 13.2 Å². The van der Waals surface area contributed by atoms with Crippen molar-refractivity contribution in [1.29, 1.82) is 0 Å². The maximum Gasteiger partial charge on any atom is 0.166 e. The summed E-state index contributed by atoms with van der Waals surface area (Å²) in [7, 11) is 1.43. The Morgan fingerprint density at radius 1 is 1.26 bits per heavy atom. The molecule has 0 N–H and O–H groups in total. The molecule has 0 radical (unpaired) electrons. The molecule has 0 aromatic heterocycles. The van der Waals surface area contributed by atoms with Crippen LogP contribution in [0.3, 0.4) is 0 Å². The van der Waals surface area contributed by atoms with E-state index in [-0.39, 0.29) is 18.0 Å². The molecule has 0 saturated carbocycles. The number of carbonyl (C=O) groups is 1. The number of halogens is 1. The fourth-order valence-corrected chi connectivity index (χ4v) is 3.73. The first-order chi connectivity index (χ1) is 13.1. The van der Waals surface area contributed by atoms with Gasteiger partial charge < -0.3 is 14.2 Å². The van der Waals surface area contributed by atoms with E-state index in [4.69, 9.17) is 14.2 Å². The van der Waals surface area contributed by atoms with Gasteiger partial charge in [0.2, 0.25) is 0 Å². The zero-order valence-electron chi connectivity index (χ0n) is 15.5. The number of benzene rings is 2. The summed E-state index contributed by atoms with van der Waals surface area (Å²) in [5.41, 5.74) is 1.32. The Hall–Kier alpha value is -2.21. The molecule has 0 unspecified atom stereocenters. The monoisotopic (exact) mass is 390 g/mol. The number of aryl methyl sites for hydroxylation is 1. The van der Waals surface area contributed by atoms with Gasteiger partial charge >= 0.3 is 0 Å². The molecule has 4 nitrogen and oxygen atoms in total. The molecule has 1 aliphatic rings. The molecule has 0 fully saturated rings. The van der Waals surface area contributed by atoms with Crippen molar-refractivity contribution in [1.82, 2.24) is 0 Å². The Morgan fingerprint density at radius 2 is 2.11 bits per heavy atom. The van der Waals surface area contributed by atoms with Crippen LogP contribution in [0.1, 0.15) is 35.7 Å². The number of ketones is 1. The van der Waals surface area contributed by atoms with E-state index in [1.807, 2.05) is 19.1 Å². The molecule has 1 aliphatic heterocycles. The number of methoxy groups -OCH3 is 1. The molecule has 27 heavy (non-hydrogen) atoms. The van der Waals surface area contributed by atoms with Crippen molar-refractivity contribution in [3.05, 3.63) is 47.3 Å². The van der Waals surface area contributed by atoms with Gasteiger partial charge in [0.15, 0.2) is 17.3 Å². The number of carbonyl (C=O) groups excluding carboxylic acids is 1. The highest BCUT2D eigenvalue weighted by molar-refractivity contribution is 7.99. The highest BCUT2D eigenvalue weighted by Crippen LogP contribution is 2.39. The van der Waals surface area contributed by atoms with E-state index in [0.717, 1.165) is 28.4 Å². The van der Waals surface area contributed by atoms with Crippen LogP contribution >= 0.6 is 11.8 Å². The average molecular weight is 390 g/mol. The number of Topliss-reactive ketones (excluding diaryl/α,β-unsaturated/α-hetero) is 1. The Kier molecular flexibility index (Phi) is 6.61. The van der Waals surface area contributed by atoms with Crippen LogP contribution in [0.15, 0.2) is 35.2 Å². The second-order valence-corrected chi connectivity index (χ2v) is 7.37. The molecule has 2 aromatic carbocycles. The van der Waals surface area contributed by atoms with E-state index in [2.05, 4.69) is 0 Å². The van der Waals surface area contributed by atoms with Crippen LogP contribution in [-0.2, 0) is 6.42 Å². The molecular weight excluding hydrogens is 367 g/mol. The zero-order valence-corrected chi connectivity index (χ0v) is 16.4. The molecular formula is C21H23FO4S. The lowest BCUT2D eigenvalue weighted by molar-refractivity contribution is 0.0978. The summed E-state index contributed by atoms with van der Waals surface area (Å²) in [6.07, 6.45) is 1.58. The lowest BCUT2D eigenvalue weighted by atomic mass is 10.0. The maximum atomic E-state index is 13.8. The Morgan fingerprint density at radius 3 is 2.85 bits per heavy atom. The third-order valence-electron chi connectivity index (χ3n) is 4.26. The highest BCUT2D eigenvalue weighted by atomic mass is 32.2. The number of ether oxygens (including phenoxy) is 3. The van der Waals surface area contributed by atoms with Crippen LogP contribution in [0.2, 0.25) is 0 Å². The van der Waals surface area contributed by atoms with Crippen LogP contribution in [-0.4, -0.2) is 31.9 Å². The predicted molar refractivity (Wildman–Crippen MR) is 104 cm³/mol. The molecule has 0 atom stereocenters. The van der Waals surface area contributed by atoms with Gasteiger partial charge in [-0.2, -0.15) is 0 Å². The smallest absolute Gasteiger partial charge is 0.166 e. The van der Waals surface area contributed by atoms with Crippen molar-refractivity contribution >= 4 is 17.5 Å². The van der Waals surface area contributed by atoms with Gasteiger partial charge in [-0.15, -0.1) is 11.8 Å². The van der Waals surface area contributed by atoms with Gasteiger partial charge in [-0.05, 0) is 36.6 Å². The van der Waals surface area contributed by atoms with Gasteiger partial charge in [0.05, 0.1) is 30.8 Å². The molecule has 0 amide bonds. The van der Waals surface area contributed by atoms with Crippen molar-refractivity contribution in [2.75, 3.05) is 26.1 Å². The minimum Gasteiger partial charge on any atom is -0.494 e. The van der Waals surface area contributed by atoms with Crippen molar-refractivity contribution in [2.24, 2.45) is 0 Å². The number of hydrogen-bond acceptors (Lipinski definition) is 5. The fraction of sp³-hybridized carbons (Fsp3) is 0.381. The minimum absolute atomic E-state index is 0.0219. The summed E-state index contributed by atoms with van der Waals surface area (Å²) in [6.45, 7) is 3.21. The quantitative estimate of drug-likeness (QED) is 0.599. The van der Waals surface area contributed by atoms with Gasteiger partial charge in [-0.1, -0.05) is 13.0 Å². The largest absolute Gasteiger partial charge is 0.494 e. The third-order valence-corrected chi connectivity index (χ3v) is 5.26. The Bertz CT molecular complexity index is 822. The standard InChI is InChI=1S/C21H23FO4S/c1-3-8-25-19-13-20-21(27-10-9-26-20)12-15(19)17(23)6-4-14-5-7-18(24-2)16(22)11-14/h5,7,11-13H,3-4,6,8-10H2,1-2H3. The van der Waals surface area contributed by atoms with Gasteiger partial charge in [-0.25, -0.2) is 4.39 Å². The summed E-state index contributed by atoms with van der Waals surface area (Å²) in [5.74, 6) is 1.95. The van der Waals surface area contributed by atoms with Gasteiger partial charge in [-0.3, -0.25) is 4.79 Å². The predicted octanol–water partition coefficient (Wildman–Crippen LogP) is 4.92. The third kappa shape index (κ3) is 4.75. The van der Waals surface area contributed by atoms with Crippen molar-refractivity contribution in [3.63, 3.8) is 0 Å². The SMILES string of the molecule is CCCOc1cc2c(cc1C(=O)CCc1ccc(OC)c(F)c1)SCCO2. The average Bonchev–Trinajstić information content (AvgIpc) is 2.69. The van der Waals surface area contributed by atoms with Gasteiger partial charge in [0, 0.05) is 18.2 Å². The molecule has 0 aliphatic carbocycles. The molecule has 3 rings (SSSR count). The Labute approximate surface area is 163 Å². The number of rotatable bonds is 8. The molecule has 2 aromatic rings. The number of thioether (sulfide) groups is 1. The summed E-state index contributed by atoms with van der Waals surface area (Å²) in [4.78, 5) is 13.8. The van der Waals surface area contributed by atoms with Crippen LogP contribution in [0, 0.1) is 5.82 Å². The lowest BCUT2D eigenvalue weighted by Gasteiger charge is -2.20. The van der Waals surface area contributed by atoms with E-state index >= 15 is 0 Å². The van der Waals surface area contributed by atoms with E-state index in [0.29, 0.717) is 30.9 Å². The zero-order chi connectivity index (χ0) is 19.2. The fourth-order valence-electron chi connectivity index (χ4n) is 2.88. The highest BCUT2D eigenvalue weighted by Gasteiger charge is 2.20. The first-order valence-corrected chi connectivity index (χ1v) is 10.0. The molecule has 0 spiro atoms. The summed E-state index contributed by atoms with van der Waals surface area (Å²) < 4.78 is 30.2. The van der Waals surface area contributed by atoms with E-state index in [9.17, 15) is 9.18 Å². The second kappa shape index (κ2) is 9.13. The Balaban J connectivity index is 1.77. The minimum atomic E-state index is -0.420. The lowest BCUT2D eigenvalue weighted by Crippen LogP contribution is -2.11. The van der Waals surface area contributed by atoms with Crippen molar-refractivity contribution in [3.8, 4) is 17.2 Å². The van der Waals surface area contributed by atoms with Crippen molar-refractivity contribution < 1.29 is 23.4 Å². The van der Waals surface area contributed by atoms with Crippen molar-refractivity contribution in [2.45, 2.75) is 31.1 Å². The summed E-state index contributed by atoms with van der Waals surface area (Å²) in [6, 6.07) is 8.45. The topological polar surface area (TPSA) is 44.8 Å². The molecule has 0 bridgehead atoms. The first-order valence-electron chi connectivity index (χ1n) is 9.04. The normalized spacial score (nSPS) is 12.9. The summed E-state index contributed by atoms with van der Waals surface area (Å²) in [5, 5.41) is 0. The van der Waals surface area contributed by atoms with Crippen LogP contribution < -0.4 is 14.2 Å². The first kappa shape index (κ1) is 19.5. The molecule has 0 saturated heterocycles. The molecule has 6 heteroatoms. The molecule has 1 heterocycles. The second-order valence-electron chi connectivity index (χ2n) is 6.23. The van der Waals surface area contributed by atoms with E-state index < -0.39 is 5.82 Å². The number of fused-ring (bicyclic) bond motifs is 1. The maximum absolute atomic E-state index is 13.8. The molecule has 144 valence electrons. The number of hydrogen-bond donors (Lipinski definition) is 0. The van der Waals surface area contributed by atoms with Crippen LogP contribution in [0.25, 0.3) is 0 Å². The van der Waals surface area contributed by atoms with Gasteiger partial charge in [0.25, 0.3) is 0 Å². The van der Waals surface area contributed by atoms with Crippen LogP contribution in [0.5, 0.6) is 17.2 Å². The van der Waals surface area contributed by atoms with Crippen LogP contribution in [0.4, 0.5) is 4.39 Å².